The van der Waals surface area contributed by atoms with Gasteiger partial charge in [0.25, 0.3) is 0 Å². The van der Waals surface area contributed by atoms with Crippen LogP contribution in [0.25, 0.3) is 0 Å². The van der Waals surface area contributed by atoms with Gasteiger partial charge >= 0.3 is 5.97 Å². The average molecular weight is 254 g/mol. The highest BCUT2D eigenvalue weighted by molar-refractivity contribution is 5.71. The molecule has 0 aromatic heterocycles. The van der Waals surface area contributed by atoms with E-state index in [1.807, 2.05) is 13.8 Å². The average Bonchev–Trinajstić information content (AvgIpc) is 2.40. The van der Waals surface area contributed by atoms with Gasteiger partial charge < -0.3 is 15.0 Å². The molecule has 0 aromatic rings. The van der Waals surface area contributed by atoms with Crippen LogP contribution in [0.5, 0.6) is 0 Å². The van der Waals surface area contributed by atoms with Gasteiger partial charge in [0.15, 0.2) is 0 Å². The molecule has 2 saturated heterocycles. The highest BCUT2D eigenvalue weighted by Gasteiger charge is 2.28. The Hall–Kier alpha value is -0.610. The van der Waals surface area contributed by atoms with Crippen LogP contribution in [0.4, 0.5) is 0 Å². The predicted molar refractivity (Wildman–Crippen MR) is 71.4 cm³/mol. The number of piperidine rings is 2. The van der Waals surface area contributed by atoms with E-state index in [2.05, 4.69) is 10.2 Å². The number of nitrogens with zero attached hydrogens (tertiary/aromatic N) is 1. The molecule has 2 fully saturated rings. The fraction of sp³-hybridized carbons (Fsp3) is 0.929. The maximum Gasteiger partial charge on any atom is 0.308 e. The maximum atomic E-state index is 11.6. The van der Waals surface area contributed by atoms with E-state index in [9.17, 15) is 4.79 Å². The van der Waals surface area contributed by atoms with Gasteiger partial charge in [0, 0.05) is 19.1 Å². The third kappa shape index (κ3) is 3.69. The Kier molecular flexibility index (Phi) is 5.01. The van der Waals surface area contributed by atoms with E-state index in [1.54, 1.807) is 0 Å². The summed E-state index contributed by atoms with van der Waals surface area (Å²) in [5.74, 6) is -0.0530. The number of hydrogen-bond acceptors (Lipinski definition) is 4. The molecule has 0 saturated carbocycles. The van der Waals surface area contributed by atoms with Crippen LogP contribution in [-0.4, -0.2) is 49.2 Å². The fourth-order valence-corrected chi connectivity index (χ4v) is 2.83. The zero-order valence-electron chi connectivity index (χ0n) is 11.7. The Bertz CT molecular complexity index is 267. The van der Waals surface area contributed by atoms with Gasteiger partial charge in [0.1, 0.15) is 6.10 Å². The summed E-state index contributed by atoms with van der Waals surface area (Å²) >= 11 is 0. The summed E-state index contributed by atoms with van der Waals surface area (Å²) in [5.41, 5.74) is 0. The first kappa shape index (κ1) is 13.8. The molecule has 0 spiro atoms. The maximum absolute atomic E-state index is 11.6. The van der Waals surface area contributed by atoms with Gasteiger partial charge in [-0.3, -0.25) is 4.79 Å². The molecule has 2 aliphatic rings. The highest BCUT2D eigenvalue weighted by atomic mass is 16.5. The van der Waals surface area contributed by atoms with Crippen molar-refractivity contribution < 1.29 is 9.53 Å². The number of hydrogen-bond donors (Lipinski definition) is 1. The first-order chi connectivity index (χ1) is 8.66. The van der Waals surface area contributed by atoms with Crippen molar-refractivity contribution in [3.63, 3.8) is 0 Å². The standard InChI is InChI=1S/C14H26N2O2/c1-11(2)14(17)18-13-5-9-16(10-6-13)12-3-7-15-8-4-12/h11-13,15H,3-10H2,1-2H3. The van der Waals surface area contributed by atoms with E-state index in [0.29, 0.717) is 0 Å². The van der Waals surface area contributed by atoms with Gasteiger partial charge in [-0.25, -0.2) is 0 Å². The van der Waals surface area contributed by atoms with Gasteiger partial charge in [-0.1, -0.05) is 13.8 Å². The van der Waals surface area contributed by atoms with Gasteiger partial charge in [-0.2, -0.15) is 0 Å². The number of carbonyl (C=O) groups is 1. The van der Waals surface area contributed by atoms with Crippen LogP contribution in [0, 0.1) is 5.92 Å². The third-order valence-corrected chi connectivity index (χ3v) is 4.06. The van der Waals surface area contributed by atoms with E-state index >= 15 is 0 Å². The molecular weight excluding hydrogens is 228 g/mol. The molecule has 4 heteroatoms. The van der Waals surface area contributed by atoms with Crippen LogP contribution in [0.15, 0.2) is 0 Å². The Balaban J connectivity index is 1.72. The van der Waals surface area contributed by atoms with Crippen molar-refractivity contribution in [1.29, 1.82) is 0 Å². The first-order valence-electron chi connectivity index (χ1n) is 7.32. The number of carbonyl (C=O) groups excluding carboxylic acids is 1. The topological polar surface area (TPSA) is 41.6 Å². The van der Waals surface area contributed by atoms with Crippen LogP contribution in [-0.2, 0) is 9.53 Å². The van der Waals surface area contributed by atoms with Crippen LogP contribution in [0.3, 0.4) is 0 Å². The first-order valence-corrected chi connectivity index (χ1v) is 7.32. The van der Waals surface area contributed by atoms with Crippen LogP contribution < -0.4 is 5.32 Å². The molecule has 4 nitrogen and oxygen atoms in total. The summed E-state index contributed by atoms with van der Waals surface area (Å²) in [6, 6.07) is 0.744. The van der Waals surface area contributed by atoms with Crippen molar-refractivity contribution >= 4 is 5.97 Å². The molecule has 0 amide bonds. The van der Waals surface area contributed by atoms with Gasteiger partial charge in [0.2, 0.25) is 0 Å². The molecule has 0 atom stereocenters. The minimum Gasteiger partial charge on any atom is -0.462 e. The summed E-state index contributed by atoms with van der Waals surface area (Å²) in [6.45, 7) is 8.25. The molecular formula is C14H26N2O2. The third-order valence-electron chi connectivity index (χ3n) is 4.06. The van der Waals surface area contributed by atoms with Crippen molar-refractivity contribution in [1.82, 2.24) is 10.2 Å². The summed E-state index contributed by atoms with van der Waals surface area (Å²) in [7, 11) is 0. The molecule has 0 aromatic carbocycles. The number of rotatable bonds is 3. The lowest BCUT2D eigenvalue weighted by Gasteiger charge is -2.39. The van der Waals surface area contributed by atoms with Gasteiger partial charge in [-0.15, -0.1) is 0 Å². The monoisotopic (exact) mass is 254 g/mol. The van der Waals surface area contributed by atoms with Gasteiger partial charge in [-0.05, 0) is 38.8 Å². The Morgan fingerprint density at radius 2 is 1.78 bits per heavy atom. The second-order valence-corrected chi connectivity index (χ2v) is 5.81. The Morgan fingerprint density at radius 3 is 2.33 bits per heavy atom. The van der Waals surface area contributed by atoms with E-state index < -0.39 is 0 Å². The van der Waals surface area contributed by atoms with Crippen molar-refractivity contribution in [2.45, 2.75) is 51.7 Å². The van der Waals surface area contributed by atoms with Crippen LogP contribution in [0.1, 0.15) is 39.5 Å². The summed E-state index contributed by atoms with van der Waals surface area (Å²) in [6.07, 6.45) is 4.68. The molecule has 0 bridgehead atoms. The second-order valence-electron chi connectivity index (χ2n) is 5.81. The number of likely N-dealkylation sites (tertiary alicyclic amines) is 1. The fourth-order valence-electron chi connectivity index (χ4n) is 2.83. The van der Waals surface area contributed by atoms with Crippen molar-refractivity contribution in [3.8, 4) is 0 Å². The molecule has 2 heterocycles. The predicted octanol–water partition coefficient (Wildman–Crippen LogP) is 1.40. The smallest absolute Gasteiger partial charge is 0.308 e. The number of ether oxygens (including phenoxy) is 1. The van der Waals surface area contributed by atoms with E-state index in [1.165, 1.54) is 12.8 Å². The van der Waals surface area contributed by atoms with Crippen molar-refractivity contribution in [2.75, 3.05) is 26.2 Å². The second kappa shape index (κ2) is 6.53. The molecule has 2 rings (SSSR count). The number of nitrogens with one attached hydrogen (secondary N) is 1. The van der Waals surface area contributed by atoms with Crippen LogP contribution in [0.2, 0.25) is 0 Å². The molecule has 104 valence electrons. The normalized spacial score (nSPS) is 24.4. The minimum atomic E-state index is -0.0460. The van der Waals surface area contributed by atoms with Crippen molar-refractivity contribution in [3.05, 3.63) is 0 Å². The summed E-state index contributed by atoms with van der Waals surface area (Å²) in [5, 5.41) is 3.41. The Labute approximate surface area is 110 Å². The molecule has 0 unspecified atom stereocenters. The molecule has 2 aliphatic heterocycles. The molecule has 0 radical (unpaired) electrons. The quantitative estimate of drug-likeness (QED) is 0.773. The zero-order valence-corrected chi connectivity index (χ0v) is 11.7. The number of esters is 1. The zero-order chi connectivity index (χ0) is 13.0. The molecule has 1 N–H and O–H groups in total. The van der Waals surface area contributed by atoms with Gasteiger partial charge in [0.05, 0.1) is 5.92 Å². The largest absolute Gasteiger partial charge is 0.462 e. The lowest BCUT2D eigenvalue weighted by Crippen LogP contribution is -2.48. The van der Waals surface area contributed by atoms with Crippen molar-refractivity contribution in [2.24, 2.45) is 5.92 Å². The molecule has 0 aliphatic carbocycles. The minimum absolute atomic E-state index is 0.00699. The Morgan fingerprint density at radius 1 is 1.17 bits per heavy atom. The summed E-state index contributed by atoms with van der Waals surface area (Å²) in [4.78, 5) is 14.1. The van der Waals surface area contributed by atoms with Crippen LogP contribution >= 0.6 is 0 Å². The lowest BCUT2D eigenvalue weighted by atomic mass is 10.00. The van der Waals surface area contributed by atoms with E-state index in [4.69, 9.17) is 4.74 Å². The molecule has 18 heavy (non-hydrogen) atoms. The van der Waals surface area contributed by atoms with E-state index in [-0.39, 0.29) is 18.0 Å². The lowest BCUT2D eigenvalue weighted by molar-refractivity contribution is -0.155. The summed E-state index contributed by atoms with van der Waals surface area (Å²) < 4.78 is 5.51. The highest BCUT2D eigenvalue weighted by Crippen LogP contribution is 2.20. The van der Waals surface area contributed by atoms with E-state index in [0.717, 1.165) is 45.1 Å². The SMILES string of the molecule is CC(C)C(=O)OC1CCN(C2CCNCC2)CC1.